The van der Waals surface area contributed by atoms with Gasteiger partial charge >= 0.3 is 5.97 Å². The first-order valence-electron chi connectivity index (χ1n) is 5.89. The second kappa shape index (κ2) is 7.36. The molecule has 100 valence electrons. The molecule has 1 aromatic heterocycles. The van der Waals surface area contributed by atoms with Gasteiger partial charge in [0.2, 0.25) is 0 Å². The van der Waals surface area contributed by atoms with Crippen LogP contribution in [0.1, 0.15) is 24.7 Å². The largest absolute Gasteiger partial charge is 0.477 e. The van der Waals surface area contributed by atoms with E-state index in [1.807, 2.05) is 26.0 Å². The van der Waals surface area contributed by atoms with Gasteiger partial charge in [0.1, 0.15) is 5.75 Å². The highest BCUT2D eigenvalue weighted by molar-refractivity contribution is 9.09. The summed E-state index contributed by atoms with van der Waals surface area (Å²) in [4.78, 5) is 16.0. The highest BCUT2D eigenvalue weighted by Gasteiger charge is 2.21. The normalized spacial score (nSPS) is 12.0. The fourth-order valence-electron chi connectivity index (χ4n) is 1.57. The van der Waals surface area contributed by atoms with E-state index in [0.29, 0.717) is 17.5 Å². The van der Waals surface area contributed by atoms with Gasteiger partial charge < -0.3 is 9.47 Å². The fourth-order valence-corrected chi connectivity index (χ4v) is 1.98. The summed E-state index contributed by atoms with van der Waals surface area (Å²) >= 11 is 3.30. The van der Waals surface area contributed by atoms with E-state index in [9.17, 15) is 4.79 Å². The van der Waals surface area contributed by atoms with Gasteiger partial charge in [-0.1, -0.05) is 22.9 Å². The summed E-state index contributed by atoms with van der Waals surface area (Å²) in [7, 11) is 1.36. The molecule has 0 radical (unpaired) electrons. The summed E-state index contributed by atoms with van der Waals surface area (Å²) in [5.74, 6) is 0.288. The first kappa shape index (κ1) is 15.0. The number of esters is 1. The van der Waals surface area contributed by atoms with E-state index in [0.717, 1.165) is 17.8 Å². The van der Waals surface area contributed by atoms with Crippen LogP contribution in [0.5, 0.6) is 5.75 Å². The molecule has 18 heavy (non-hydrogen) atoms. The van der Waals surface area contributed by atoms with Crippen LogP contribution in [0, 0.1) is 6.92 Å². The lowest BCUT2D eigenvalue weighted by Crippen LogP contribution is -2.29. The van der Waals surface area contributed by atoms with Crippen molar-refractivity contribution in [3.8, 4) is 5.75 Å². The standard InChI is InChI=1S/C13H18BrNO3/c1-4-10-11(6-5-9(2)15-10)18-12(7-8-14)13(16)17-3/h5-6,12H,4,7-8H2,1-3H3. The van der Waals surface area contributed by atoms with Crippen LogP contribution in [-0.4, -0.2) is 29.5 Å². The molecule has 1 heterocycles. The summed E-state index contributed by atoms with van der Waals surface area (Å²) in [6, 6.07) is 3.72. The number of carbonyl (C=O) groups excluding carboxylic acids is 1. The van der Waals surface area contributed by atoms with Gasteiger partial charge in [-0.25, -0.2) is 4.79 Å². The number of carbonyl (C=O) groups is 1. The van der Waals surface area contributed by atoms with Gasteiger partial charge in [-0.3, -0.25) is 4.98 Å². The molecule has 0 aliphatic carbocycles. The molecule has 0 aromatic carbocycles. The molecule has 0 amide bonds. The number of halogens is 1. The third-order valence-corrected chi connectivity index (χ3v) is 2.97. The number of hydrogen-bond donors (Lipinski definition) is 0. The Kier molecular flexibility index (Phi) is 6.12. The molecular weight excluding hydrogens is 298 g/mol. The predicted octanol–water partition coefficient (Wildman–Crippen LogP) is 2.66. The number of hydrogen-bond acceptors (Lipinski definition) is 4. The Morgan fingerprint density at radius 2 is 2.22 bits per heavy atom. The van der Waals surface area contributed by atoms with E-state index in [4.69, 9.17) is 9.47 Å². The first-order chi connectivity index (χ1) is 8.62. The summed E-state index contributed by atoms with van der Waals surface area (Å²) in [5.41, 5.74) is 1.80. The fraction of sp³-hybridized carbons (Fsp3) is 0.538. The lowest BCUT2D eigenvalue weighted by Gasteiger charge is -2.17. The minimum absolute atomic E-state index is 0.364. The van der Waals surface area contributed by atoms with Crippen LogP contribution in [0.4, 0.5) is 0 Å². The number of rotatable bonds is 6. The van der Waals surface area contributed by atoms with Gasteiger partial charge in [0, 0.05) is 17.4 Å². The van der Waals surface area contributed by atoms with Crippen molar-refractivity contribution >= 4 is 21.9 Å². The van der Waals surface area contributed by atoms with E-state index in [-0.39, 0.29) is 5.97 Å². The molecule has 1 aromatic rings. The van der Waals surface area contributed by atoms with Crippen molar-refractivity contribution in [2.75, 3.05) is 12.4 Å². The van der Waals surface area contributed by atoms with Crippen LogP contribution in [0.15, 0.2) is 12.1 Å². The van der Waals surface area contributed by atoms with Gasteiger partial charge in [0.25, 0.3) is 0 Å². The molecule has 0 saturated heterocycles. The average molecular weight is 316 g/mol. The maximum absolute atomic E-state index is 11.6. The first-order valence-corrected chi connectivity index (χ1v) is 7.01. The van der Waals surface area contributed by atoms with Crippen molar-refractivity contribution in [2.24, 2.45) is 0 Å². The molecule has 1 rings (SSSR count). The zero-order valence-electron chi connectivity index (χ0n) is 10.9. The SMILES string of the molecule is CCc1nc(C)ccc1OC(CCBr)C(=O)OC. The topological polar surface area (TPSA) is 48.4 Å². The van der Waals surface area contributed by atoms with Crippen LogP contribution >= 0.6 is 15.9 Å². The van der Waals surface area contributed by atoms with Crippen LogP contribution in [0.3, 0.4) is 0 Å². The Morgan fingerprint density at radius 1 is 1.50 bits per heavy atom. The smallest absolute Gasteiger partial charge is 0.347 e. The quantitative estimate of drug-likeness (QED) is 0.598. The highest BCUT2D eigenvalue weighted by atomic mass is 79.9. The molecule has 0 saturated carbocycles. The maximum atomic E-state index is 11.6. The van der Waals surface area contributed by atoms with E-state index < -0.39 is 6.10 Å². The van der Waals surface area contributed by atoms with Crippen LogP contribution in [0.2, 0.25) is 0 Å². The molecular formula is C13H18BrNO3. The Morgan fingerprint density at radius 3 is 2.78 bits per heavy atom. The third-order valence-electron chi connectivity index (χ3n) is 2.51. The summed E-state index contributed by atoms with van der Waals surface area (Å²) in [6.07, 6.45) is 0.729. The molecule has 0 spiro atoms. The van der Waals surface area contributed by atoms with Gasteiger partial charge in [-0.15, -0.1) is 0 Å². The van der Waals surface area contributed by atoms with Crippen LogP contribution in [0.25, 0.3) is 0 Å². The monoisotopic (exact) mass is 315 g/mol. The number of aryl methyl sites for hydroxylation is 2. The van der Waals surface area contributed by atoms with E-state index in [1.54, 1.807) is 0 Å². The highest BCUT2D eigenvalue weighted by Crippen LogP contribution is 2.20. The second-order valence-electron chi connectivity index (χ2n) is 3.86. The molecule has 0 fully saturated rings. The number of pyridine rings is 1. The second-order valence-corrected chi connectivity index (χ2v) is 4.65. The number of nitrogens with zero attached hydrogens (tertiary/aromatic N) is 1. The van der Waals surface area contributed by atoms with E-state index in [2.05, 4.69) is 20.9 Å². The molecule has 1 unspecified atom stereocenters. The lowest BCUT2D eigenvalue weighted by molar-refractivity contribution is -0.148. The predicted molar refractivity (Wildman–Crippen MR) is 73.2 cm³/mol. The minimum atomic E-state index is -0.593. The average Bonchev–Trinajstić information content (AvgIpc) is 2.39. The molecule has 0 N–H and O–H groups in total. The number of aromatic nitrogens is 1. The summed E-state index contributed by atoms with van der Waals surface area (Å²) in [5, 5.41) is 0.674. The third kappa shape index (κ3) is 3.98. The minimum Gasteiger partial charge on any atom is -0.477 e. The molecule has 0 bridgehead atoms. The van der Waals surface area contributed by atoms with Crippen molar-refractivity contribution in [3.63, 3.8) is 0 Å². The Hall–Kier alpha value is -1.10. The number of alkyl halides is 1. The maximum Gasteiger partial charge on any atom is 0.347 e. The summed E-state index contributed by atoms with van der Waals surface area (Å²) in [6.45, 7) is 3.94. The Balaban J connectivity index is 2.89. The Bertz CT molecular complexity index is 409. The number of methoxy groups -OCH3 is 1. The molecule has 5 heteroatoms. The molecule has 1 atom stereocenters. The molecule has 0 aliphatic rings. The number of ether oxygens (including phenoxy) is 2. The van der Waals surface area contributed by atoms with Gasteiger partial charge in [-0.05, 0) is 25.5 Å². The summed E-state index contributed by atoms with van der Waals surface area (Å²) < 4.78 is 10.4. The van der Waals surface area contributed by atoms with Crippen molar-refractivity contribution in [1.82, 2.24) is 4.98 Å². The van der Waals surface area contributed by atoms with Gasteiger partial charge in [0.15, 0.2) is 6.10 Å². The lowest BCUT2D eigenvalue weighted by atomic mass is 10.2. The van der Waals surface area contributed by atoms with E-state index >= 15 is 0 Å². The van der Waals surface area contributed by atoms with Crippen molar-refractivity contribution < 1.29 is 14.3 Å². The molecule has 4 nitrogen and oxygen atoms in total. The van der Waals surface area contributed by atoms with Gasteiger partial charge in [0.05, 0.1) is 12.8 Å². The molecule has 0 aliphatic heterocycles. The Labute approximate surface area is 116 Å². The van der Waals surface area contributed by atoms with Crippen molar-refractivity contribution in [3.05, 3.63) is 23.5 Å². The zero-order chi connectivity index (χ0) is 13.5. The van der Waals surface area contributed by atoms with Crippen LogP contribution < -0.4 is 4.74 Å². The van der Waals surface area contributed by atoms with Crippen LogP contribution in [-0.2, 0) is 16.0 Å². The van der Waals surface area contributed by atoms with Crippen molar-refractivity contribution in [2.45, 2.75) is 32.8 Å². The van der Waals surface area contributed by atoms with Gasteiger partial charge in [-0.2, -0.15) is 0 Å². The zero-order valence-corrected chi connectivity index (χ0v) is 12.5. The van der Waals surface area contributed by atoms with Crippen molar-refractivity contribution in [1.29, 1.82) is 0 Å². The van der Waals surface area contributed by atoms with E-state index in [1.165, 1.54) is 7.11 Å².